The number of rotatable bonds is 1. The summed E-state index contributed by atoms with van der Waals surface area (Å²) in [6.07, 6.45) is 0. The fourth-order valence-corrected chi connectivity index (χ4v) is 4.62. The average Bonchev–Trinajstić information content (AvgIpc) is 2.96. The van der Waals surface area contributed by atoms with Gasteiger partial charge in [-0.2, -0.15) is 0 Å². The highest BCUT2D eigenvalue weighted by Crippen LogP contribution is 2.42. The molecule has 0 heterocycles. The van der Waals surface area contributed by atoms with E-state index < -0.39 is 0 Å². The van der Waals surface area contributed by atoms with Crippen LogP contribution in [0.15, 0.2) is 109 Å². The van der Waals surface area contributed by atoms with Gasteiger partial charge in [-0.25, -0.2) is 0 Å². The lowest BCUT2D eigenvalue weighted by atomic mass is 9.87. The van der Waals surface area contributed by atoms with Crippen molar-refractivity contribution in [1.82, 2.24) is 0 Å². The molecule has 6 aromatic carbocycles. The molecule has 0 saturated heterocycles. The summed E-state index contributed by atoms with van der Waals surface area (Å²) in [5.41, 5.74) is 2.56. The third-order valence-electron chi connectivity index (χ3n) is 5.83. The molecule has 34 heavy (non-hydrogen) atoms. The van der Waals surface area contributed by atoms with E-state index in [-0.39, 0.29) is 0 Å². The highest BCUT2D eigenvalue weighted by Gasteiger charge is 2.14. The highest BCUT2D eigenvalue weighted by atomic mass is 14.2. The topological polar surface area (TPSA) is 0 Å². The van der Waals surface area contributed by atoms with Crippen LogP contribution in [0.5, 0.6) is 0 Å². The summed E-state index contributed by atoms with van der Waals surface area (Å²) in [5.74, 6) is 0. The normalized spacial score (nSPS) is 10.1. The summed E-state index contributed by atoms with van der Waals surface area (Å²) in [5, 5.41) is 10.6. The van der Waals surface area contributed by atoms with E-state index in [0.29, 0.717) is 0 Å². The van der Waals surface area contributed by atoms with Gasteiger partial charge in [0.1, 0.15) is 0 Å². The Bertz CT molecular complexity index is 1490. The Labute approximate surface area is 204 Å². The molecule has 0 saturated carbocycles. The summed E-state index contributed by atoms with van der Waals surface area (Å²) in [7, 11) is 0. The molecule has 172 valence electrons. The lowest BCUT2D eigenvalue weighted by Gasteiger charge is -2.16. The van der Waals surface area contributed by atoms with E-state index in [1.54, 1.807) is 0 Å². The van der Waals surface area contributed by atoms with E-state index in [4.69, 9.17) is 0 Å². The summed E-state index contributed by atoms with van der Waals surface area (Å²) < 4.78 is 0. The van der Waals surface area contributed by atoms with Gasteiger partial charge in [-0.1, -0.05) is 145 Å². The van der Waals surface area contributed by atoms with E-state index in [2.05, 4.69) is 109 Å². The van der Waals surface area contributed by atoms with E-state index in [0.717, 1.165) is 0 Å². The van der Waals surface area contributed by atoms with E-state index in [1.807, 2.05) is 41.5 Å². The second-order valence-corrected chi connectivity index (χ2v) is 7.35. The first-order valence-electron chi connectivity index (χ1n) is 12.7. The maximum Gasteiger partial charge on any atom is -0.00199 e. The second-order valence-electron chi connectivity index (χ2n) is 7.35. The molecule has 0 aromatic heterocycles. The molecule has 0 aliphatic rings. The van der Waals surface area contributed by atoms with E-state index in [1.165, 1.54) is 54.2 Å². The average molecular weight is 445 g/mol. The first-order valence-corrected chi connectivity index (χ1v) is 12.7. The van der Waals surface area contributed by atoms with Crippen LogP contribution in [0.25, 0.3) is 54.2 Å². The van der Waals surface area contributed by atoms with Crippen LogP contribution in [0, 0.1) is 0 Å². The first-order chi connectivity index (χ1) is 16.9. The number of fused-ring (bicyclic) bond motifs is 8. The minimum Gasteiger partial charge on any atom is -0.0683 e. The molecule has 0 unspecified atom stereocenters. The Morgan fingerprint density at radius 2 is 0.676 bits per heavy atom. The molecule has 0 aliphatic carbocycles. The molecule has 6 rings (SSSR count). The minimum absolute atomic E-state index is 1.26. The summed E-state index contributed by atoms with van der Waals surface area (Å²) >= 11 is 0. The molecule has 0 N–H and O–H groups in total. The van der Waals surface area contributed by atoms with Crippen LogP contribution in [-0.2, 0) is 0 Å². The number of hydrogen-bond acceptors (Lipinski definition) is 0. The van der Waals surface area contributed by atoms with Crippen LogP contribution in [-0.4, -0.2) is 0 Å². The zero-order valence-corrected chi connectivity index (χ0v) is 21.4. The van der Waals surface area contributed by atoms with Gasteiger partial charge in [0.05, 0.1) is 0 Å². The molecule has 0 atom stereocenters. The molecule has 0 nitrogen and oxygen atoms in total. The van der Waals surface area contributed by atoms with Gasteiger partial charge < -0.3 is 0 Å². The Morgan fingerprint density at radius 3 is 1.21 bits per heavy atom. The second kappa shape index (κ2) is 12.0. The molecule has 0 heteroatoms. The molecule has 0 bridgehead atoms. The standard InChI is InChI=1S/C28H18.3C2H6/c1-2-10-19(11-3-1)26-18-27-22-14-5-4-12-20(22)21-13-6-8-16-24(21)28(27)25-17-9-7-15-23(25)26;3*1-2/h1-18H;3*1-2H3. The van der Waals surface area contributed by atoms with Crippen molar-refractivity contribution in [3.8, 4) is 11.1 Å². The van der Waals surface area contributed by atoms with Gasteiger partial charge in [-0.15, -0.1) is 0 Å². The maximum absolute atomic E-state index is 2.39. The zero-order valence-electron chi connectivity index (χ0n) is 21.4. The van der Waals surface area contributed by atoms with Crippen LogP contribution in [0.3, 0.4) is 0 Å². The van der Waals surface area contributed by atoms with E-state index >= 15 is 0 Å². The Kier molecular flexibility index (Phi) is 8.82. The number of benzene rings is 6. The van der Waals surface area contributed by atoms with Crippen molar-refractivity contribution in [1.29, 1.82) is 0 Å². The lowest BCUT2D eigenvalue weighted by Crippen LogP contribution is -1.88. The molecule has 6 aromatic rings. The Hall–Kier alpha value is -3.64. The Balaban J connectivity index is 0.000000503. The zero-order chi connectivity index (χ0) is 24.5. The lowest BCUT2D eigenvalue weighted by molar-refractivity contribution is 1.50. The van der Waals surface area contributed by atoms with Crippen molar-refractivity contribution in [2.75, 3.05) is 0 Å². The predicted molar refractivity (Wildman–Crippen MR) is 156 cm³/mol. The number of hydrogen-bond donors (Lipinski definition) is 0. The van der Waals surface area contributed by atoms with Crippen molar-refractivity contribution in [2.45, 2.75) is 41.5 Å². The maximum atomic E-state index is 2.39. The predicted octanol–water partition coefficient (Wildman–Crippen LogP) is 11.0. The van der Waals surface area contributed by atoms with Crippen LogP contribution >= 0.6 is 0 Å². The van der Waals surface area contributed by atoms with Crippen LogP contribution < -0.4 is 0 Å². The summed E-state index contributed by atoms with van der Waals surface area (Å²) in [6, 6.07) is 39.5. The third-order valence-corrected chi connectivity index (χ3v) is 5.83. The molecule has 0 amide bonds. The highest BCUT2D eigenvalue weighted by molar-refractivity contribution is 6.32. The minimum atomic E-state index is 1.26. The van der Waals surface area contributed by atoms with Crippen LogP contribution in [0.2, 0.25) is 0 Å². The molecular weight excluding hydrogens is 408 g/mol. The monoisotopic (exact) mass is 444 g/mol. The van der Waals surface area contributed by atoms with Crippen molar-refractivity contribution >= 4 is 43.1 Å². The van der Waals surface area contributed by atoms with Crippen molar-refractivity contribution < 1.29 is 0 Å². The van der Waals surface area contributed by atoms with Gasteiger partial charge in [-0.05, 0) is 60.3 Å². The Morgan fingerprint density at radius 1 is 0.324 bits per heavy atom. The van der Waals surface area contributed by atoms with Gasteiger partial charge >= 0.3 is 0 Å². The smallest absolute Gasteiger partial charge is 0.00199 e. The van der Waals surface area contributed by atoms with Gasteiger partial charge in [0.2, 0.25) is 0 Å². The third kappa shape index (κ3) is 4.41. The fraction of sp³-hybridized carbons (Fsp3) is 0.176. The van der Waals surface area contributed by atoms with Crippen LogP contribution in [0.1, 0.15) is 41.5 Å². The van der Waals surface area contributed by atoms with Crippen molar-refractivity contribution in [3.05, 3.63) is 109 Å². The van der Waals surface area contributed by atoms with Gasteiger partial charge in [-0.3, -0.25) is 0 Å². The SMILES string of the molecule is CC.CC.CC.c1ccc(-c2cc3c4ccccc4c4ccccc4c3c3ccccc23)cc1. The van der Waals surface area contributed by atoms with Crippen molar-refractivity contribution in [2.24, 2.45) is 0 Å². The molecular formula is C34H36. The summed E-state index contributed by atoms with van der Waals surface area (Å²) in [6.45, 7) is 12.0. The molecule has 0 fully saturated rings. The van der Waals surface area contributed by atoms with Gasteiger partial charge in [0.15, 0.2) is 0 Å². The largest absolute Gasteiger partial charge is 0.0683 e. The first kappa shape index (κ1) is 25.0. The quantitative estimate of drug-likeness (QED) is 0.221. The summed E-state index contributed by atoms with van der Waals surface area (Å²) in [4.78, 5) is 0. The molecule has 0 spiro atoms. The van der Waals surface area contributed by atoms with E-state index in [9.17, 15) is 0 Å². The van der Waals surface area contributed by atoms with Gasteiger partial charge in [0.25, 0.3) is 0 Å². The van der Waals surface area contributed by atoms with Crippen molar-refractivity contribution in [3.63, 3.8) is 0 Å². The van der Waals surface area contributed by atoms with Crippen LogP contribution in [0.4, 0.5) is 0 Å². The molecule has 0 radical (unpaired) electrons. The molecule has 0 aliphatic heterocycles. The van der Waals surface area contributed by atoms with Gasteiger partial charge in [0, 0.05) is 0 Å². The fourth-order valence-electron chi connectivity index (χ4n) is 4.62.